The van der Waals surface area contributed by atoms with Gasteiger partial charge in [0.1, 0.15) is 22.8 Å². The van der Waals surface area contributed by atoms with Crippen LogP contribution in [-0.2, 0) is 26.6 Å². The van der Waals surface area contributed by atoms with Crippen LogP contribution in [0.2, 0.25) is 0 Å². The molecular weight excluding hydrogens is 338 g/mol. The Hall–Kier alpha value is -2.22. The zero-order valence-electron chi connectivity index (χ0n) is 11.7. The first-order valence-corrected chi connectivity index (χ1v) is 8.34. The van der Waals surface area contributed by atoms with E-state index in [0.29, 0.717) is 5.75 Å². The fourth-order valence-corrected chi connectivity index (χ4v) is 2.66. The highest BCUT2D eigenvalue weighted by molar-refractivity contribution is 7.85. The van der Waals surface area contributed by atoms with Crippen LogP contribution in [0.1, 0.15) is 5.56 Å². The molecule has 0 saturated heterocycles. The molecule has 0 fully saturated rings. The van der Waals surface area contributed by atoms with E-state index < -0.39 is 22.3 Å². The van der Waals surface area contributed by atoms with Gasteiger partial charge in [0, 0.05) is 0 Å². The number of phenols is 1. The Labute approximate surface area is 138 Å². The Morgan fingerprint density at radius 3 is 2.35 bits per heavy atom. The topological polar surface area (TPSA) is 86.9 Å². The minimum absolute atomic E-state index is 0.0318. The van der Waals surface area contributed by atoms with Crippen molar-refractivity contribution in [2.45, 2.75) is 4.90 Å². The second kappa shape index (κ2) is 8.42. The third-order valence-electron chi connectivity index (χ3n) is 2.50. The van der Waals surface area contributed by atoms with Crippen LogP contribution >= 0.6 is 0 Å². The molecule has 23 heavy (non-hydrogen) atoms. The maximum Gasteiger partial charge on any atom is 0.172 e. The lowest BCUT2D eigenvalue weighted by Gasteiger charge is -2.18. The maximum absolute atomic E-state index is 11.7. The van der Waals surface area contributed by atoms with E-state index in [1.807, 2.05) is 0 Å². The van der Waals surface area contributed by atoms with Crippen molar-refractivity contribution < 1.29 is 22.0 Å². The van der Waals surface area contributed by atoms with Crippen molar-refractivity contribution in [1.29, 1.82) is 0 Å². The predicted octanol–water partition coefficient (Wildman–Crippen LogP) is 3.18. The third-order valence-corrected chi connectivity index (χ3v) is 4.00. The molecule has 0 aliphatic carbocycles. The number of hydrogen-bond acceptors (Lipinski definition) is 5. The first kappa shape index (κ1) is 17.1. The number of rotatable bonds is 7. The van der Waals surface area contributed by atoms with E-state index in [-0.39, 0.29) is 10.6 Å². The molecular formula is C15H12NO5S2-. The summed E-state index contributed by atoms with van der Waals surface area (Å²) in [5.74, 6) is 0.344. The SMILES string of the molecule is C=C=Cc1ccc(OS(=O)[N-]OS(=O)c2ccc(O)cc2)cc1. The average molecular weight is 350 g/mol. The summed E-state index contributed by atoms with van der Waals surface area (Å²) in [6.07, 6.45) is 1.68. The zero-order valence-corrected chi connectivity index (χ0v) is 13.4. The van der Waals surface area contributed by atoms with Crippen molar-refractivity contribution >= 4 is 28.4 Å². The van der Waals surface area contributed by atoms with Gasteiger partial charge in [-0.3, -0.25) is 0 Å². The van der Waals surface area contributed by atoms with E-state index in [9.17, 15) is 8.42 Å². The van der Waals surface area contributed by atoms with E-state index >= 15 is 0 Å². The minimum Gasteiger partial charge on any atom is -0.508 e. The van der Waals surface area contributed by atoms with E-state index in [1.54, 1.807) is 30.3 Å². The fraction of sp³-hybridized carbons (Fsp3) is 0. The highest BCUT2D eigenvalue weighted by Crippen LogP contribution is 2.18. The van der Waals surface area contributed by atoms with Gasteiger partial charge in [-0.1, -0.05) is 18.7 Å². The third kappa shape index (κ3) is 5.48. The molecule has 0 aromatic heterocycles. The first-order chi connectivity index (χ1) is 11.1. The van der Waals surface area contributed by atoms with Crippen molar-refractivity contribution in [3.05, 3.63) is 71.3 Å². The molecule has 0 heterocycles. The van der Waals surface area contributed by atoms with Crippen molar-refractivity contribution in [3.63, 3.8) is 0 Å². The Morgan fingerprint density at radius 2 is 1.74 bits per heavy atom. The van der Waals surface area contributed by atoms with Crippen molar-refractivity contribution in [2.24, 2.45) is 0 Å². The Bertz CT molecular complexity index is 752. The molecule has 8 heteroatoms. The van der Waals surface area contributed by atoms with Gasteiger partial charge in [-0.25, -0.2) is 8.42 Å². The van der Waals surface area contributed by atoms with E-state index in [0.717, 1.165) is 5.56 Å². The summed E-state index contributed by atoms with van der Waals surface area (Å²) in [5, 5.41) is 9.13. The summed E-state index contributed by atoms with van der Waals surface area (Å²) < 4.78 is 33.0. The largest absolute Gasteiger partial charge is 0.508 e. The lowest BCUT2D eigenvalue weighted by atomic mass is 10.2. The van der Waals surface area contributed by atoms with Gasteiger partial charge in [-0.05, 0) is 48.0 Å². The second-order valence-electron chi connectivity index (χ2n) is 4.10. The quantitative estimate of drug-likeness (QED) is 0.612. The monoisotopic (exact) mass is 350 g/mol. The summed E-state index contributed by atoms with van der Waals surface area (Å²) >= 11 is -4.11. The second-order valence-corrected chi connectivity index (χ2v) is 5.94. The van der Waals surface area contributed by atoms with Crippen LogP contribution in [0, 0.1) is 0 Å². The van der Waals surface area contributed by atoms with Gasteiger partial charge in [-0.15, -0.1) is 5.73 Å². The van der Waals surface area contributed by atoms with Gasteiger partial charge in [0.2, 0.25) is 0 Å². The number of hydrogen-bond donors (Lipinski definition) is 1. The summed E-state index contributed by atoms with van der Waals surface area (Å²) in [7, 11) is 0. The van der Waals surface area contributed by atoms with Gasteiger partial charge in [-0.2, -0.15) is 0 Å². The molecule has 2 aromatic carbocycles. The Kier molecular flexibility index (Phi) is 6.28. The van der Waals surface area contributed by atoms with E-state index in [4.69, 9.17) is 9.29 Å². The predicted molar refractivity (Wildman–Crippen MR) is 87.8 cm³/mol. The minimum atomic E-state index is -2.16. The van der Waals surface area contributed by atoms with Gasteiger partial charge in [0.25, 0.3) is 0 Å². The van der Waals surface area contributed by atoms with Gasteiger partial charge in [0.05, 0.1) is 4.90 Å². The lowest BCUT2D eigenvalue weighted by molar-refractivity contribution is 0.468. The van der Waals surface area contributed by atoms with E-state index in [1.165, 1.54) is 24.3 Å². The molecule has 2 unspecified atom stereocenters. The van der Waals surface area contributed by atoms with Crippen molar-refractivity contribution in [1.82, 2.24) is 0 Å². The standard InChI is InChI=1S/C15H12NO5S2/c1-2-3-12-4-8-14(9-5-12)20-23(19)16-21-22(18)15-10-6-13(17)7-11-15/h3-11,17H,1H2/q-1. The lowest BCUT2D eigenvalue weighted by Crippen LogP contribution is -2.02. The molecule has 0 aliphatic heterocycles. The molecule has 0 aliphatic rings. The number of benzene rings is 2. The molecule has 2 rings (SSSR count). The molecule has 0 amide bonds. The smallest absolute Gasteiger partial charge is 0.172 e. The van der Waals surface area contributed by atoms with Crippen LogP contribution < -0.4 is 4.18 Å². The van der Waals surface area contributed by atoms with Crippen LogP contribution in [0.3, 0.4) is 0 Å². The van der Waals surface area contributed by atoms with Gasteiger partial charge in [0.15, 0.2) is 11.1 Å². The summed E-state index contributed by atoms with van der Waals surface area (Å²) in [4.78, 5) is 3.50. The van der Waals surface area contributed by atoms with E-state index in [2.05, 4.69) is 21.5 Å². The Balaban J connectivity index is 1.86. The normalized spacial score (nSPS) is 12.9. The summed E-state index contributed by atoms with van der Waals surface area (Å²) in [6, 6.07) is 12.1. The molecule has 2 atom stereocenters. The number of aromatic hydroxyl groups is 1. The highest BCUT2D eigenvalue weighted by Gasteiger charge is 2.02. The molecule has 1 N–H and O–H groups in total. The molecule has 2 aromatic rings. The summed E-state index contributed by atoms with van der Waals surface area (Å²) in [5.41, 5.74) is 3.49. The molecule has 0 radical (unpaired) electrons. The van der Waals surface area contributed by atoms with Crippen LogP contribution in [0.25, 0.3) is 11.0 Å². The Morgan fingerprint density at radius 1 is 1.09 bits per heavy atom. The highest BCUT2D eigenvalue weighted by atomic mass is 32.2. The number of phenolic OH excluding ortho intramolecular Hbond substituents is 1. The van der Waals surface area contributed by atoms with Crippen LogP contribution in [0.4, 0.5) is 0 Å². The number of nitrogens with zero attached hydrogens (tertiary/aromatic N) is 1. The van der Waals surface area contributed by atoms with Crippen molar-refractivity contribution in [2.75, 3.05) is 0 Å². The van der Waals surface area contributed by atoms with Gasteiger partial charge >= 0.3 is 0 Å². The van der Waals surface area contributed by atoms with Crippen LogP contribution in [-0.4, -0.2) is 13.5 Å². The van der Waals surface area contributed by atoms with Gasteiger partial charge < -0.3 is 18.5 Å². The molecule has 0 bridgehead atoms. The fourth-order valence-electron chi connectivity index (χ4n) is 1.49. The molecule has 6 nitrogen and oxygen atoms in total. The van der Waals surface area contributed by atoms with Crippen LogP contribution in [0.15, 0.2) is 65.7 Å². The summed E-state index contributed by atoms with van der Waals surface area (Å²) in [6.45, 7) is 3.46. The maximum atomic E-state index is 11.7. The molecule has 0 spiro atoms. The first-order valence-electron chi connectivity index (χ1n) is 6.24. The van der Waals surface area contributed by atoms with Crippen molar-refractivity contribution in [3.8, 4) is 11.5 Å². The zero-order chi connectivity index (χ0) is 16.7. The average Bonchev–Trinajstić information content (AvgIpc) is 2.55. The van der Waals surface area contributed by atoms with Crippen LogP contribution in [0.5, 0.6) is 11.5 Å². The molecule has 0 saturated carbocycles. The molecule has 120 valence electrons.